The van der Waals surface area contributed by atoms with E-state index in [0.717, 1.165) is 41.1 Å². The standard InChI is InChI=1S/C28H32N4O7S/c1-21-6-11-26(17-27(21)32(34)35)40(36,37)31(24-7-9-25(38-2)10-8-24)20-28(33)29-18-22-4-3-5-23(16-22)19-30-12-14-39-15-13-30/h3-11,16-17H,12-15,18-20H2,1-2H3,(H,29,33). The second kappa shape index (κ2) is 12.9. The van der Waals surface area contributed by atoms with Crippen LogP contribution in [0.4, 0.5) is 11.4 Å². The maximum Gasteiger partial charge on any atom is 0.273 e. The molecule has 0 saturated carbocycles. The number of benzene rings is 3. The first kappa shape index (κ1) is 29.0. The highest BCUT2D eigenvalue weighted by atomic mass is 32.2. The highest BCUT2D eigenvalue weighted by molar-refractivity contribution is 7.92. The number of carbonyl (C=O) groups is 1. The van der Waals surface area contributed by atoms with Gasteiger partial charge in [0.2, 0.25) is 5.91 Å². The van der Waals surface area contributed by atoms with Gasteiger partial charge in [0, 0.05) is 37.8 Å². The van der Waals surface area contributed by atoms with E-state index < -0.39 is 27.4 Å². The lowest BCUT2D eigenvalue weighted by atomic mass is 10.1. The minimum atomic E-state index is -4.34. The molecule has 11 nitrogen and oxygen atoms in total. The lowest BCUT2D eigenvalue weighted by Gasteiger charge is -2.26. The second-order valence-corrected chi connectivity index (χ2v) is 11.3. The summed E-state index contributed by atoms with van der Waals surface area (Å²) in [6.07, 6.45) is 0. The fraction of sp³-hybridized carbons (Fsp3) is 0.321. The van der Waals surface area contributed by atoms with Crippen LogP contribution < -0.4 is 14.4 Å². The van der Waals surface area contributed by atoms with E-state index in [9.17, 15) is 23.3 Å². The predicted octanol–water partition coefficient (Wildman–Crippen LogP) is 3.26. The van der Waals surface area contributed by atoms with Gasteiger partial charge in [0.1, 0.15) is 12.3 Å². The Hall–Kier alpha value is -4.00. The van der Waals surface area contributed by atoms with Crippen LogP contribution in [0.3, 0.4) is 0 Å². The van der Waals surface area contributed by atoms with Crippen molar-refractivity contribution in [2.45, 2.75) is 24.9 Å². The number of nitro groups is 1. The van der Waals surface area contributed by atoms with Gasteiger partial charge in [-0.2, -0.15) is 0 Å². The zero-order valence-corrected chi connectivity index (χ0v) is 23.2. The summed E-state index contributed by atoms with van der Waals surface area (Å²) in [6.45, 7) is 5.13. The Morgan fingerprint density at radius 2 is 1.77 bits per heavy atom. The summed E-state index contributed by atoms with van der Waals surface area (Å²) in [7, 11) is -2.85. The number of aryl methyl sites for hydroxylation is 1. The monoisotopic (exact) mass is 568 g/mol. The fourth-order valence-corrected chi connectivity index (χ4v) is 5.82. The first-order chi connectivity index (χ1) is 19.2. The maximum atomic E-state index is 13.7. The van der Waals surface area contributed by atoms with E-state index in [1.54, 1.807) is 12.1 Å². The molecule has 1 aliphatic rings. The maximum absolute atomic E-state index is 13.7. The minimum absolute atomic E-state index is 0.211. The smallest absolute Gasteiger partial charge is 0.273 e. The molecule has 0 unspecified atom stereocenters. The lowest BCUT2D eigenvalue weighted by Crippen LogP contribution is -2.40. The summed E-state index contributed by atoms with van der Waals surface area (Å²) in [4.78, 5) is 25.9. The Bertz CT molecular complexity index is 1460. The predicted molar refractivity (Wildman–Crippen MR) is 150 cm³/mol. The van der Waals surface area contributed by atoms with E-state index in [0.29, 0.717) is 24.5 Å². The van der Waals surface area contributed by atoms with Crippen LogP contribution in [0.15, 0.2) is 71.6 Å². The van der Waals surface area contributed by atoms with Gasteiger partial charge in [-0.05, 0) is 48.4 Å². The quantitative estimate of drug-likeness (QED) is 0.276. The van der Waals surface area contributed by atoms with Crippen molar-refractivity contribution in [3.05, 3.63) is 93.5 Å². The molecule has 1 heterocycles. The number of carbonyl (C=O) groups excluding carboxylic acids is 1. The molecule has 3 aromatic carbocycles. The molecule has 40 heavy (non-hydrogen) atoms. The average Bonchev–Trinajstić information content (AvgIpc) is 2.95. The first-order valence-corrected chi connectivity index (χ1v) is 14.2. The Balaban J connectivity index is 1.52. The molecule has 0 aliphatic carbocycles. The number of hydrogen-bond donors (Lipinski definition) is 1. The normalized spacial score (nSPS) is 13.9. The number of ether oxygens (including phenoxy) is 2. The Morgan fingerprint density at radius 3 is 2.45 bits per heavy atom. The molecule has 0 atom stereocenters. The topological polar surface area (TPSA) is 131 Å². The molecule has 1 aliphatic heterocycles. The fourth-order valence-electron chi connectivity index (χ4n) is 4.38. The molecule has 3 aromatic rings. The molecule has 0 aromatic heterocycles. The summed E-state index contributed by atoms with van der Waals surface area (Å²) in [5.41, 5.74) is 2.21. The van der Waals surface area contributed by atoms with Gasteiger partial charge < -0.3 is 14.8 Å². The molecule has 0 radical (unpaired) electrons. The zero-order valence-electron chi connectivity index (χ0n) is 22.4. The van der Waals surface area contributed by atoms with Crippen LogP contribution in [0.5, 0.6) is 5.75 Å². The molecule has 12 heteroatoms. The van der Waals surface area contributed by atoms with Gasteiger partial charge in [0.15, 0.2) is 0 Å². The number of methoxy groups -OCH3 is 1. The van der Waals surface area contributed by atoms with Crippen molar-refractivity contribution < 1.29 is 27.6 Å². The van der Waals surface area contributed by atoms with E-state index in [2.05, 4.69) is 10.2 Å². The third-order valence-electron chi connectivity index (χ3n) is 6.60. The molecule has 0 spiro atoms. The molecule has 212 valence electrons. The molecule has 0 bridgehead atoms. The van der Waals surface area contributed by atoms with Crippen LogP contribution in [-0.4, -0.2) is 64.1 Å². The molecule has 1 saturated heterocycles. The van der Waals surface area contributed by atoms with Crippen molar-refractivity contribution in [3.8, 4) is 5.75 Å². The van der Waals surface area contributed by atoms with Gasteiger partial charge in [-0.25, -0.2) is 8.42 Å². The van der Waals surface area contributed by atoms with Crippen molar-refractivity contribution in [1.82, 2.24) is 10.2 Å². The Labute approximate surface area is 233 Å². The summed E-state index contributed by atoms with van der Waals surface area (Å²) >= 11 is 0. The third-order valence-corrected chi connectivity index (χ3v) is 8.37. The molecule has 1 N–H and O–H groups in total. The number of nitrogens with one attached hydrogen (secondary N) is 1. The van der Waals surface area contributed by atoms with Crippen molar-refractivity contribution in [2.24, 2.45) is 0 Å². The van der Waals surface area contributed by atoms with E-state index in [-0.39, 0.29) is 22.8 Å². The number of rotatable bonds is 11. The van der Waals surface area contributed by atoms with Crippen LogP contribution in [0.1, 0.15) is 16.7 Å². The van der Waals surface area contributed by atoms with Crippen LogP contribution in [0.2, 0.25) is 0 Å². The summed E-state index contributed by atoms with van der Waals surface area (Å²) < 4.78 is 38.9. The van der Waals surface area contributed by atoms with Gasteiger partial charge >= 0.3 is 0 Å². The number of nitro benzene ring substituents is 1. The Kier molecular flexibility index (Phi) is 9.35. The van der Waals surface area contributed by atoms with Crippen molar-refractivity contribution in [1.29, 1.82) is 0 Å². The highest BCUT2D eigenvalue weighted by Crippen LogP contribution is 2.29. The zero-order chi connectivity index (χ0) is 28.7. The van der Waals surface area contributed by atoms with Crippen LogP contribution >= 0.6 is 0 Å². The highest BCUT2D eigenvalue weighted by Gasteiger charge is 2.29. The average molecular weight is 569 g/mol. The summed E-state index contributed by atoms with van der Waals surface area (Å²) in [5.74, 6) is -0.0203. The van der Waals surface area contributed by atoms with Gasteiger partial charge in [-0.15, -0.1) is 0 Å². The molecular formula is C28H32N4O7S. The first-order valence-electron chi connectivity index (χ1n) is 12.7. The van der Waals surface area contributed by atoms with Crippen molar-refractivity contribution in [2.75, 3.05) is 44.3 Å². The van der Waals surface area contributed by atoms with E-state index in [4.69, 9.17) is 9.47 Å². The minimum Gasteiger partial charge on any atom is -0.497 e. The number of hydrogen-bond acceptors (Lipinski definition) is 8. The van der Waals surface area contributed by atoms with Crippen LogP contribution in [-0.2, 0) is 32.6 Å². The number of morpholine rings is 1. The number of sulfonamides is 1. The summed E-state index contributed by atoms with van der Waals surface area (Å²) in [6, 6.07) is 17.7. The number of amides is 1. The van der Waals surface area contributed by atoms with Gasteiger partial charge in [-0.3, -0.25) is 24.1 Å². The second-order valence-electron chi connectivity index (χ2n) is 9.40. The third kappa shape index (κ3) is 7.14. The molecule has 4 rings (SSSR count). The largest absolute Gasteiger partial charge is 0.497 e. The van der Waals surface area contributed by atoms with Gasteiger partial charge in [0.25, 0.3) is 15.7 Å². The SMILES string of the molecule is COc1ccc(N(CC(=O)NCc2cccc(CN3CCOCC3)c2)S(=O)(=O)c2ccc(C)c([N+](=O)[O-])c2)cc1. The van der Waals surface area contributed by atoms with Gasteiger partial charge in [-0.1, -0.05) is 30.3 Å². The van der Waals surface area contributed by atoms with Crippen LogP contribution in [0, 0.1) is 17.0 Å². The Morgan fingerprint density at radius 1 is 1.07 bits per heavy atom. The van der Waals surface area contributed by atoms with Gasteiger partial charge in [0.05, 0.1) is 35.8 Å². The molecule has 1 amide bonds. The van der Waals surface area contributed by atoms with E-state index >= 15 is 0 Å². The van der Waals surface area contributed by atoms with E-state index in [1.807, 2.05) is 24.3 Å². The van der Waals surface area contributed by atoms with Crippen molar-refractivity contribution >= 4 is 27.3 Å². The van der Waals surface area contributed by atoms with Crippen molar-refractivity contribution in [3.63, 3.8) is 0 Å². The molecular weight excluding hydrogens is 536 g/mol. The number of anilines is 1. The number of nitrogens with zero attached hydrogens (tertiary/aromatic N) is 3. The van der Waals surface area contributed by atoms with E-state index in [1.165, 1.54) is 38.3 Å². The molecule has 1 fully saturated rings. The lowest BCUT2D eigenvalue weighted by molar-refractivity contribution is -0.385. The van der Waals surface area contributed by atoms with Crippen LogP contribution in [0.25, 0.3) is 0 Å². The summed E-state index contributed by atoms with van der Waals surface area (Å²) in [5, 5.41) is 14.3.